The summed E-state index contributed by atoms with van der Waals surface area (Å²) in [5.74, 6) is 2.03. The summed E-state index contributed by atoms with van der Waals surface area (Å²) in [6.07, 6.45) is 3.24. The number of rotatable bonds is 10. The van der Waals surface area contributed by atoms with Crippen LogP contribution in [0.5, 0.6) is 0 Å². The van der Waals surface area contributed by atoms with E-state index in [0.717, 1.165) is 44.7 Å². The van der Waals surface area contributed by atoms with E-state index in [0.29, 0.717) is 11.7 Å². The van der Waals surface area contributed by atoms with Crippen LogP contribution in [0, 0.1) is 6.92 Å². The number of methoxy groups -OCH3 is 1. The Morgan fingerprint density at radius 1 is 1.30 bits per heavy atom. The first kappa shape index (κ1) is 19.5. The normalized spacial score (nSPS) is 14.6. The molecule has 132 valence electrons. The minimum atomic E-state index is -1.12. The molecule has 6 heteroatoms. The Kier molecular flexibility index (Phi) is 8.73. The van der Waals surface area contributed by atoms with E-state index < -0.39 is 5.60 Å². The third kappa shape index (κ3) is 7.52. The van der Waals surface area contributed by atoms with Crippen molar-refractivity contribution in [3.8, 4) is 0 Å². The molecule has 6 nitrogen and oxygen atoms in total. The highest BCUT2D eigenvalue weighted by Gasteiger charge is 2.26. The van der Waals surface area contributed by atoms with Gasteiger partial charge in [0.2, 0.25) is 0 Å². The summed E-state index contributed by atoms with van der Waals surface area (Å²) < 4.78 is 10.5. The van der Waals surface area contributed by atoms with Crippen molar-refractivity contribution in [3.05, 3.63) is 23.7 Å². The number of ether oxygens (including phenoxy) is 1. The summed E-state index contributed by atoms with van der Waals surface area (Å²) in [6.45, 7) is 8.25. The number of guanidine groups is 1. The molecule has 1 aromatic heterocycles. The van der Waals surface area contributed by atoms with Crippen molar-refractivity contribution in [2.75, 3.05) is 33.4 Å². The number of hydrogen-bond donors (Lipinski definition) is 3. The standard InChI is InChI=1S/C17H31N3O3/c1-5-18-16(19-11-7-6-8-12-22-4)20-13-17(3,21)15-10-9-14(2)23-15/h9-10,21H,5-8,11-13H2,1-4H3,(H2,18,19,20). The summed E-state index contributed by atoms with van der Waals surface area (Å²) in [4.78, 5) is 4.46. The second-order valence-electron chi connectivity index (χ2n) is 5.86. The topological polar surface area (TPSA) is 79.0 Å². The second-order valence-corrected chi connectivity index (χ2v) is 5.86. The fourth-order valence-corrected chi connectivity index (χ4v) is 2.13. The van der Waals surface area contributed by atoms with Gasteiger partial charge in [-0.1, -0.05) is 0 Å². The first-order valence-electron chi connectivity index (χ1n) is 8.30. The molecule has 0 aliphatic carbocycles. The fourth-order valence-electron chi connectivity index (χ4n) is 2.13. The van der Waals surface area contributed by atoms with Gasteiger partial charge in [0, 0.05) is 26.8 Å². The molecule has 0 aliphatic heterocycles. The van der Waals surface area contributed by atoms with Crippen LogP contribution in [0.1, 0.15) is 44.6 Å². The molecule has 0 saturated carbocycles. The van der Waals surface area contributed by atoms with Crippen LogP contribution < -0.4 is 10.6 Å². The van der Waals surface area contributed by atoms with Crippen LogP contribution in [-0.2, 0) is 10.3 Å². The Morgan fingerprint density at radius 2 is 2.09 bits per heavy atom. The van der Waals surface area contributed by atoms with Crippen LogP contribution in [-0.4, -0.2) is 44.4 Å². The maximum absolute atomic E-state index is 10.5. The van der Waals surface area contributed by atoms with Gasteiger partial charge in [-0.15, -0.1) is 0 Å². The van der Waals surface area contributed by atoms with Gasteiger partial charge in [0.25, 0.3) is 0 Å². The molecule has 0 radical (unpaired) electrons. The quantitative estimate of drug-likeness (QED) is 0.349. The Bertz CT molecular complexity index is 469. The summed E-state index contributed by atoms with van der Waals surface area (Å²) in [6, 6.07) is 3.64. The number of aliphatic imine (C=N–C) groups is 1. The highest BCUT2D eigenvalue weighted by Crippen LogP contribution is 2.22. The number of nitrogens with one attached hydrogen (secondary N) is 2. The van der Waals surface area contributed by atoms with Crippen LogP contribution in [0.3, 0.4) is 0 Å². The molecule has 0 aliphatic rings. The molecular weight excluding hydrogens is 294 g/mol. The Morgan fingerprint density at radius 3 is 2.70 bits per heavy atom. The zero-order valence-electron chi connectivity index (χ0n) is 14.8. The highest BCUT2D eigenvalue weighted by atomic mass is 16.5. The van der Waals surface area contributed by atoms with E-state index in [1.54, 1.807) is 20.1 Å². The van der Waals surface area contributed by atoms with E-state index in [9.17, 15) is 5.11 Å². The van der Waals surface area contributed by atoms with Gasteiger partial charge in [-0.25, -0.2) is 4.99 Å². The average molecular weight is 325 g/mol. The molecular formula is C17H31N3O3. The number of nitrogens with zero attached hydrogens (tertiary/aromatic N) is 1. The highest BCUT2D eigenvalue weighted by molar-refractivity contribution is 5.79. The molecule has 0 spiro atoms. The largest absolute Gasteiger partial charge is 0.463 e. The summed E-state index contributed by atoms with van der Waals surface area (Å²) in [5.41, 5.74) is -1.12. The van der Waals surface area contributed by atoms with Gasteiger partial charge in [-0.05, 0) is 52.2 Å². The van der Waals surface area contributed by atoms with Gasteiger partial charge in [0.15, 0.2) is 5.96 Å². The number of aryl methyl sites for hydroxylation is 1. The predicted molar refractivity (Wildman–Crippen MR) is 92.7 cm³/mol. The van der Waals surface area contributed by atoms with Gasteiger partial charge in [-0.2, -0.15) is 0 Å². The SMILES string of the molecule is CCNC(=NCC(C)(O)c1ccc(C)o1)NCCCCCOC. The Hall–Kier alpha value is -1.53. The van der Waals surface area contributed by atoms with Crippen molar-refractivity contribution in [1.29, 1.82) is 0 Å². The van der Waals surface area contributed by atoms with Crippen LogP contribution in [0.25, 0.3) is 0 Å². The smallest absolute Gasteiger partial charge is 0.191 e. The number of furan rings is 1. The summed E-state index contributed by atoms with van der Waals surface area (Å²) >= 11 is 0. The van der Waals surface area contributed by atoms with Crippen LogP contribution in [0.2, 0.25) is 0 Å². The molecule has 1 unspecified atom stereocenters. The van der Waals surface area contributed by atoms with Crippen molar-refractivity contribution in [2.24, 2.45) is 4.99 Å². The molecule has 1 aromatic rings. The molecule has 1 heterocycles. The zero-order valence-corrected chi connectivity index (χ0v) is 14.8. The van der Waals surface area contributed by atoms with Crippen LogP contribution >= 0.6 is 0 Å². The van der Waals surface area contributed by atoms with E-state index in [-0.39, 0.29) is 6.54 Å². The monoisotopic (exact) mass is 325 g/mol. The van der Waals surface area contributed by atoms with E-state index in [1.807, 2.05) is 19.9 Å². The minimum Gasteiger partial charge on any atom is -0.463 e. The average Bonchev–Trinajstić information content (AvgIpc) is 2.95. The first-order chi connectivity index (χ1) is 11.0. The third-order valence-corrected chi connectivity index (χ3v) is 3.48. The molecule has 0 saturated heterocycles. The van der Waals surface area contributed by atoms with Crippen molar-refractivity contribution in [1.82, 2.24) is 10.6 Å². The molecule has 23 heavy (non-hydrogen) atoms. The van der Waals surface area contributed by atoms with Gasteiger partial charge in [0.05, 0.1) is 6.54 Å². The third-order valence-electron chi connectivity index (χ3n) is 3.48. The molecule has 0 aromatic carbocycles. The second kappa shape index (κ2) is 10.3. The predicted octanol–water partition coefficient (Wildman–Crippen LogP) is 2.17. The van der Waals surface area contributed by atoms with Gasteiger partial charge in [-0.3, -0.25) is 0 Å². The van der Waals surface area contributed by atoms with Crippen LogP contribution in [0.4, 0.5) is 0 Å². The number of unbranched alkanes of at least 4 members (excludes halogenated alkanes) is 2. The molecule has 0 amide bonds. The lowest BCUT2D eigenvalue weighted by molar-refractivity contribution is 0.0428. The lowest BCUT2D eigenvalue weighted by Gasteiger charge is -2.19. The maximum Gasteiger partial charge on any atom is 0.191 e. The molecule has 0 bridgehead atoms. The van der Waals surface area contributed by atoms with Crippen LogP contribution in [0.15, 0.2) is 21.5 Å². The molecule has 3 N–H and O–H groups in total. The van der Waals surface area contributed by atoms with Crippen molar-refractivity contribution < 1.29 is 14.3 Å². The van der Waals surface area contributed by atoms with Crippen molar-refractivity contribution >= 4 is 5.96 Å². The molecule has 1 atom stereocenters. The maximum atomic E-state index is 10.5. The number of hydrogen-bond acceptors (Lipinski definition) is 4. The van der Waals surface area contributed by atoms with Crippen molar-refractivity contribution in [3.63, 3.8) is 0 Å². The van der Waals surface area contributed by atoms with E-state index in [1.165, 1.54) is 0 Å². The van der Waals surface area contributed by atoms with E-state index in [4.69, 9.17) is 9.15 Å². The Balaban J connectivity index is 2.47. The lowest BCUT2D eigenvalue weighted by Crippen LogP contribution is -2.39. The summed E-state index contributed by atoms with van der Waals surface area (Å²) in [5, 5.41) is 17.0. The molecule has 1 rings (SSSR count). The fraction of sp³-hybridized carbons (Fsp3) is 0.706. The van der Waals surface area contributed by atoms with Crippen molar-refractivity contribution in [2.45, 2.75) is 45.6 Å². The van der Waals surface area contributed by atoms with E-state index in [2.05, 4.69) is 15.6 Å². The van der Waals surface area contributed by atoms with Gasteiger partial charge in [0.1, 0.15) is 17.1 Å². The lowest BCUT2D eigenvalue weighted by atomic mass is 10.0. The Labute approximate surface area is 139 Å². The first-order valence-corrected chi connectivity index (χ1v) is 8.30. The summed E-state index contributed by atoms with van der Waals surface area (Å²) in [7, 11) is 1.72. The molecule has 0 fully saturated rings. The zero-order chi connectivity index (χ0) is 17.1. The van der Waals surface area contributed by atoms with Gasteiger partial charge >= 0.3 is 0 Å². The number of aliphatic hydroxyl groups is 1. The van der Waals surface area contributed by atoms with E-state index >= 15 is 0 Å². The van der Waals surface area contributed by atoms with Gasteiger partial charge < -0.3 is 24.9 Å². The minimum absolute atomic E-state index is 0.235.